The maximum atomic E-state index is 14.4. The number of rotatable bonds is 12. The van der Waals surface area contributed by atoms with E-state index < -0.39 is 29.3 Å². The van der Waals surface area contributed by atoms with Gasteiger partial charge in [-0.2, -0.15) is 0 Å². The molecule has 36 heavy (non-hydrogen) atoms. The molecule has 0 aliphatic carbocycles. The van der Waals surface area contributed by atoms with Crippen LogP contribution in [-0.4, -0.2) is 46.5 Å². The molecule has 0 heterocycles. The lowest BCUT2D eigenvalue weighted by atomic mass is 9.89. The molecule has 0 saturated carbocycles. The predicted octanol–water partition coefficient (Wildman–Crippen LogP) is 5.91. The van der Waals surface area contributed by atoms with Crippen LogP contribution in [0.15, 0.2) is 24.3 Å². The van der Waals surface area contributed by atoms with Crippen molar-refractivity contribution in [2.45, 2.75) is 118 Å². The third-order valence-corrected chi connectivity index (χ3v) is 6.60. The molecule has 0 aliphatic heterocycles. The fourth-order valence-corrected chi connectivity index (χ4v) is 3.96. The summed E-state index contributed by atoms with van der Waals surface area (Å²) in [6, 6.07) is 6.04. The molecule has 1 aromatic carbocycles. The van der Waals surface area contributed by atoms with Gasteiger partial charge in [-0.1, -0.05) is 70.4 Å². The molecule has 0 fully saturated rings. The number of carbonyl (C=O) groups is 3. The summed E-state index contributed by atoms with van der Waals surface area (Å²) < 4.78 is 5.48. The second-order valence-corrected chi connectivity index (χ2v) is 11.3. The van der Waals surface area contributed by atoms with Gasteiger partial charge in [0, 0.05) is 12.1 Å². The minimum absolute atomic E-state index is 0.165. The van der Waals surface area contributed by atoms with Crippen LogP contribution in [-0.2, 0) is 14.3 Å². The van der Waals surface area contributed by atoms with E-state index in [4.69, 9.17) is 4.74 Å². The lowest BCUT2D eigenvalue weighted by Crippen LogP contribution is -2.60. The lowest BCUT2D eigenvalue weighted by molar-refractivity contribution is -0.150. The number of ether oxygens (including phenoxy) is 1. The molecule has 0 bridgehead atoms. The Morgan fingerprint density at radius 2 is 1.69 bits per heavy atom. The molecule has 7 heteroatoms. The van der Waals surface area contributed by atoms with Crippen LogP contribution >= 0.6 is 0 Å². The monoisotopic (exact) mass is 503 g/mol. The van der Waals surface area contributed by atoms with Gasteiger partial charge in [0.2, 0.25) is 11.8 Å². The van der Waals surface area contributed by atoms with Crippen molar-refractivity contribution in [2.24, 2.45) is 5.92 Å². The van der Waals surface area contributed by atoms with Gasteiger partial charge in [-0.3, -0.25) is 9.59 Å². The number of alkyl carbamates (subject to hydrolysis) is 1. The van der Waals surface area contributed by atoms with Gasteiger partial charge in [0.1, 0.15) is 17.7 Å². The average molecular weight is 504 g/mol. The quantitative estimate of drug-likeness (QED) is 0.347. The number of amides is 3. The first-order chi connectivity index (χ1) is 16.7. The van der Waals surface area contributed by atoms with Gasteiger partial charge in [0.15, 0.2) is 0 Å². The standard InChI is InChI=1S/C29H49N3O4/c1-11-14-18-30-25(33)24(22-17-15-16-20(4)19-22)32(29(9,10)13-3)26(34)23(21(5)12-2)31-27(35)36-28(6,7)8/h15-17,19,21,23-24H,11-14,18H2,1-10H3,(H,30,33)(H,31,35). The Morgan fingerprint density at radius 1 is 1.06 bits per heavy atom. The van der Waals surface area contributed by atoms with Crippen LogP contribution in [0.4, 0.5) is 4.79 Å². The third-order valence-electron chi connectivity index (χ3n) is 6.60. The second kappa shape index (κ2) is 13.7. The Balaban J connectivity index is 3.62. The zero-order valence-electron chi connectivity index (χ0n) is 24.2. The minimum atomic E-state index is -0.841. The normalized spacial score (nSPS) is 14.4. The van der Waals surface area contributed by atoms with Crippen LogP contribution in [0.2, 0.25) is 0 Å². The largest absolute Gasteiger partial charge is 0.444 e. The highest BCUT2D eigenvalue weighted by molar-refractivity contribution is 5.92. The molecule has 1 rings (SSSR count). The van der Waals surface area contributed by atoms with Crippen molar-refractivity contribution < 1.29 is 19.1 Å². The van der Waals surface area contributed by atoms with Crippen LogP contribution in [0.1, 0.15) is 105 Å². The van der Waals surface area contributed by atoms with Crippen LogP contribution < -0.4 is 10.6 Å². The zero-order chi connectivity index (χ0) is 27.7. The molecular formula is C29H49N3O4. The molecule has 204 valence electrons. The van der Waals surface area contributed by atoms with Gasteiger partial charge in [0.25, 0.3) is 0 Å². The minimum Gasteiger partial charge on any atom is -0.444 e. The van der Waals surface area contributed by atoms with Crippen LogP contribution in [0.5, 0.6) is 0 Å². The molecule has 3 amide bonds. The molecule has 3 unspecified atom stereocenters. The molecular weight excluding hydrogens is 454 g/mol. The maximum absolute atomic E-state index is 14.4. The van der Waals surface area contributed by atoms with E-state index in [2.05, 4.69) is 17.6 Å². The van der Waals surface area contributed by atoms with Gasteiger partial charge in [-0.15, -0.1) is 0 Å². The Labute approximate surface area is 218 Å². The molecule has 0 aromatic heterocycles. The molecule has 7 nitrogen and oxygen atoms in total. The van der Waals surface area contributed by atoms with Crippen molar-refractivity contribution in [2.75, 3.05) is 6.54 Å². The van der Waals surface area contributed by atoms with Gasteiger partial charge in [0.05, 0.1) is 0 Å². The van der Waals surface area contributed by atoms with Gasteiger partial charge in [-0.25, -0.2) is 4.79 Å². The number of nitrogens with zero attached hydrogens (tertiary/aromatic N) is 1. The number of nitrogens with one attached hydrogen (secondary N) is 2. The molecule has 1 aromatic rings. The number of benzene rings is 1. The summed E-state index contributed by atoms with van der Waals surface area (Å²) in [6.45, 7) is 19.8. The van der Waals surface area contributed by atoms with E-state index in [0.29, 0.717) is 19.4 Å². The van der Waals surface area contributed by atoms with Gasteiger partial charge < -0.3 is 20.3 Å². The number of unbranched alkanes of at least 4 members (excludes halogenated alkanes) is 1. The molecule has 0 aliphatic rings. The van der Waals surface area contributed by atoms with Crippen LogP contribution in [0, 0.1) is 12.8 Å². The van der Waals surface area contributed by atoms with Crippen molar-refractivity contribution >= 4 is 17.9 Å². The van der Waals surface area contributed by atoms with Crippen molar-refractivity contribution in [1.29, 1.82) is 0 Å². The predicted molar refractivity (Wildman–Crippen MR) is 146 cm³/mol. The lowest BCUT2D eigenvalue weighted by Gasteiger charge is -2.45. The van der Waals surface area contributed by atoms with Gasteiger partial charge >= 0.3 is 6.09 Å². The molecule has 2 N–H and O–H groups in total. The Kier molecular flexibility index (Phi) is 11.9. The van der Waals surface area contributed by atoms with E-state index in [-0.39, 0.29) is 17.7 Å². The highest BCUT2D eigenvalue weighted by atomic mass is 16.6. The number of hydrogen-bond acceptors (Lipinski definition) is 4. The zero-order valence-corrected chi connectivity index (χ0v) is 24.2. The fraction of sp³-hybridized carbons (Fsp3) is 0.690. The first-order valence-corrected chi connectivity index (χ1v) is 13.3. The summed E-state index contributed by atoms with van der Waals surface area (Å²) in [5, 5.41) is 5.87. The highest BCUT2D eigenvalue weighted by Crippen LogP contribution is 2.33. The first kappa shape index (κ1) is 31.5. The summed E-state index contributed by atoms with van der Waals surface area (Å²) in [5.41, 5.74) is 0.401. The highest BCUT2D eigenvalue weighted by Gasteiger charge is 2.44. The number of aryl methyl sites for hydroxylation is 1. The van der Waals surface area contributed by atoms with Crippen molar-refractivity contribution in [1.82, 2.24) is 15.5 Å². The van der Waals surface area contributed by atoms with Gasteiger partial charge in [-0.05, 0) is 65.9 Å². The van der Waals surface area contributed by atoms with E-state index in [0.717, 1.165) is 24.0 Å². The van der Waals surface area contributed by atoms with Crippen LogP contribution in [0.3, 0.4) is 0 Å². The molecule has 0 saturated heterocycles. The second-order valence-electron chi connectivity index (χ2n) is 11.3. The summed E-state index contributed by atoms with van der Waals surface area (Å²) in [6.07, 6.45) is 2.46. The summed E-state index contributed by atoms with van der Waals surface area (Å²) in [4.78, 5) is 42.5. The number of hydrogen-bond donors (Lipinski definition) is 2. The Hall–Kier alpha value is -2.57. The van der Waals surface area contributed by atoms with E-state index in [1.807, 2.05) is 65.8 Å². The smallest absolute Gasteiger partial charge is 0.408 e. The van der Waals surface area contributed by atoms with E-state index in [1.165, 1.54) is 0 Å². The van der Waals surface area contributed by atoms with Crippen LogP contribution in [0.25, 0.3) is 0 Å². The van der Waals surface area contributed by atoms with Crippen molar-refractivity contribution in [3.05, 3.63) is 35.4 Å². The van der Waals surface area contributed by atoms with E-state index in [1.54, 1.807) is 25.7 Å². The fourth-order valence-electron chi connectivity index (χ4n) is 3.96. The van der Waals surface area contributed by atoms with E-state index >= 15 is 0 Å². The third kappa shape index (κ3) is 9.14. The molecule has 0 spiro atoms. The van der Waals surface area contributed by atoms with E-state index in [9.17, 15) is 14.4 Å². The SMILES string of the molecule is CCCCNC(=O)C(c1cccc(C)c1)N(C(=O)C(NC(=O)OC(C)(C)C)C(C)CC)C(C)(C)CC. The topological polar surface area (TPSA) is 87.7 Å². The van der Waals surface area contributed by atoms with Crippen molar-refractivity contribution in [3.8, 4) is 0 Å². The summed E-state index contributed by atoms with van der Waals surface area (Å²) in [7, 11) is 0. The molecule has 0 radical (unpaired) electrons. The average Bonchev–Trinajstić information content (AvgIpc) is 2.78. The first-order valence-electron chi connectivity index (χ1n) is 13.3. The maximum Gasteiger partial charge on any atom is 0.408 e. The summed E-state index contributed by atoms with van der Waals surface area (Å²) in [5.74, 6) is -0.676. The summed E-state index contributed by atoms with van der Waals surface area (Å²) >= 11 is 0. The Bertz CT molecular complexity index is 876. The molecule has 3 atom stereocenters. The Morgan fingerprint density at radius 3 is 2.19 bits per heavy atom. The number of carbonyl (C=O) groups excluding carboxylic acids is 3. The van der Waals surface area contributed by atoms with Crippen molar-refractivity contribution in [3.63, 3.8) is 0 Å².